The fourth-order valence-electron chi connectivity index (χ4n) is 3.92. The van der Waals surface area contributed by atoms with Crippen LogP contribution in [-0.4, -0.2) is 55.2 Å². The van der Waals surface area contributed by atoms with Crippen LogP contribution in [0.2, 0.25) is 5.02 Å². The Labute approximate surface area is 204 Å². The molecule has 1 saturated heterocycles. The number of amides is 1. The number of benzene rings is 2. The number of aliphatic hydroxyl groups excluding tert-OH is 1. The van der Waals surface area contributed by atoms with Crippen molar-refractivity contribution in [3.63, 3.8) is 0 Å². The Morgan fingerprint density at radius 3 is 2.53 bits per heavy atom. The van der Waals surface area contributed by atoms with E-state index in [-0.39, 0.29) is 28.5 Å². The fraction of sp³-hybridized carbons (Fsp3) is 0.385. The molecule has 2 aromatic carbocycles. The van der Waals surface area contributed by atoms with E-state index in [0.717, 1.165) is 6.42 Å². The number of ether oxygens (including phenoxy) is 3. The van der Waals surface area contributed by atoms with E-state index >= 15 is 0 Å². The Balaban J connectivity index is 2.14. The van der Waals surface area contributed by atoms with Crippen LogP contribution in [0.4, 0.5) is 0 Å². The van der Waals surface area contributed by atoms with E-state index in [1.165, 1.54) is 4.90 Å². The lowest BCUT2D eigenvalue weighted by Gasteiger charge is -2.25. The van der Waals surface area contributed by atoms with Crippen LogP contribution in [0.1, 0.15) is 43.9 Å². The molecule has 0 saturated carbocycles. The predicted molar refractivity (Wildman–Crippen MR) is 130 cm³/mol. The fourth-order valence-corrected chi connectivity index (χ4v) is 4.13. The van der Waals surface area contributed by atoms with E-state index in [2.05, 4.69) is 0 Å². The number of hydrogen-bond acceptors (Lipinski definition) is 6. The number of hydrogen-bond donors (Lipinski definition) is 1. The highest BCUT2D eigenvalue weighted by Gasteiger charge is 2.46. The summed E-state index contributed by atoms with van der Waals surface area (Å²) >= 11 is 6.37. The summed E-state index contributed by atoms with van der Waals surface area (Å²) in [6, 6.07) is 11.3. The number of rotatable bonds is 11. The average molecular weight is 488 g/mol. The van der Waals surface area contributed by atoms with Crippen molar-refractivity contribution >= 4 is 29.1 Å². The maximum absolute atomic E-state index is 13.2. The van der Waals surface area contributed by atoms with Gasteiger partial charge in [0.2, 0.25) is 0 Å². The lowest BCUT2D eigenvalue weighted by Crippen LogP contribution is -2.31. The highest BCUT2D eigenvalue weighted by Crippen LogP contribution is 2.41. The molecule has 2 aromatic rings. The predicted octanol–water partition coefficient (Wildman–Crippen LogP) is 4.99. The number of carbonyl (C=O) groups is 2. The van der Waals surface area contributed by atoms with Gasteiger partial charge in [-0.25, -0.2) is 0 Å². The van der Waals surface area contributed by atoms with Crippen LogP contribution in [0.25, 0.3) is 5.76 Å². The number of carbonyl (C=O) groups excluding carboxylic acids is 2. The molecule has 1 N–H and O–H groups in total. The molecule has 182 valence electrons. The summed E-state index contributed by atoms with van der Waals surface area (Å²) in [5.41, 5.74) is 0.861. The molecule has 1 aliphatic heterocycles. The Hall–Kier alpha value is -3.03. The third-order valence-electron chi connectivity index (χ3n) is 5.44. The zero-order valence-corrected chi connectivity index (χ0v) is 20.4. The maximum atomic E-state index is 13.2. The smallest absolute Gasteiger partial charge is 0.295 e. The minimum Gasteiger partial charge on any atom is -0.507 e. The summed E-state index contributed by atoms with van der Waals surface area (Å²) in [6.45, 7) is 5.53. The molecule has 1 heterocycles. The maximum Gasteiger partial charge on any atom is 0.295 e. The van der Waals surface area contributed by atoms with Crippen LogP contribution in [0.5, 0.6) is 11.5 Å². The van der Waals surface area contributed by atoms with Crippen molar-refractivity contribution < 1.29 is 28.9 Å². The zero-order chi connectivity index (χ0) is 24.7. The summed E-state index contributed by atoms with van der Waals surface area (Å²) < 4.78 is 16.4. The van der Waals surface area contributed by atoms with Crippen LogP contribution in [0.3, 0.4) is 0 Å². The van der Waals surface area contributed by atoms with Gasteiger partial charge >= 0.3 is 0 Å². The SMILES string of the molecule is CCCOc1cccc(C2/C(=C(\O)c3cc(OCC)ccc3Cl)C(=O)C(=O)N2CCCOC)c1. The van der Waals surface area contributed by atoms with E-state index in [1.54, 1.807) is 37.4 Å². The van der Waals surface area contributed by atoms with Crippen molar-refractivity contribution in [3.8, 4) is 11.5 Å². The second-order valence-electron chi connectivity index (χ2n) is 7.83. The van der Waals surface area contributed by atoms with Crippen LogP contribution in [0.15, 0.2) is 48.0 Å². The normalized spacial score (nSPS) is 17.3. The molecule has 0 radical (unpaired) electrons. The minimum atomic E-state index is -0.797. The molecule has 1 aliphatic rings. The molecule has 0 bridgehead atoms. The largest absolute Gasteiger partial charge is 0.507 e. The molecular formula is C26H30ClNO6. The Bertz CT molecular complexity index is 1070. The van der Waals surface area contributed by atoms with Crippen LogP contribution >= 0.6 is 11.6 Å². The summed E-state index contributed by atoms with van der Waals surface area (Å²) in [5.74, 6) is -0.672. The second kappa shape index (κ2) is 11.9. The van der Waals surface area contributed by atoms with Gasteiger partial charge in [0, 0.05) is 25.8 Å². The lowest BCUT2D eigenvalue weighted by atomic mass is 9.95. The van der Waals surface area contributed by atoms with Crippen molar-refractivity contribution in [1.29, 1.82) is 0 Å². The van der Waals surface area contributed by atoms with Gasteiger partial charge in [0.1, 0.15) is 17.3 Å². The van der Waals surface area contributed by atoms with Crippen molar-refractivity contribution in [2.75, 3.05) is 33.5 Å². The highest BCUT2D eigenvalue weighted by atomic mass is 35.5. The van der Waals surface area contributed by atoms with Gasteiger partial charge in [0.25, 0.3) is 11.7 Å². The zero-order valence-electron chi connectivity index (χ0n) is 19.7. The molecule has 0 aromatic heterocycles. The molecule has 1 atom stereocenters. The van der Waals surface area contributed by atoms with Crippen LogP contribution in [-0.2, 0) is 14.3 Å². The van der Waals surface area contributed by atoms with Gasteiger partial charge in [-0.1, -0.05) is 30.7 Å². The summed E-state index contributed by atoms with van der Waals surface area (Å²) in [5, 5.41) is 11.5. The third kappa shape index (κ3) is 5.54. The molecule has 8 heteroatoms. The Morgan fingerprint density at radius 1 is 1.06 bits per heavy atom. The second-order valence-corrected chi connectivity index (χ2v) is 8.24. The van der Waals surface area contributed by atoms with Gasteiger partial charge in [-0.3, -0.25) is 9.59 Å². The van der Waals surface area contributed by atoms with Crippen molar-refractivity contribution in [3.05, 3.63) is 64.2 Å². The lowest BCUT2D eigenvalue weighted by molar-refractivity contribution is -0.140. The standard InChI is InChI=1S/C26H30ClNO6/c1-4-13-34-18-9-6-8-17(15-18)23-22(25(30)26(31)28(23)12-7-14-32-3)24(29)20-16-19(33-5-2)10-11-21(20)27/h6,8-11,15-16,23,29H,4-5,7,12-14H2,1-3H3/b24-22+. The number of halogens is 1. The van der Waals surface area contributed by atoms with Crippen LogP contribution < -0.4 is 9.47 Å². The molecule has 0 aliphatic carbocycles. The Morgan fingerprint density at radius 2 is 1.82 bits per heavy atom. The first-order chi connectivity index (χ1) is 16.4. The number of methoxy groups -OCH3 is 1. The van der Waals surface area contributed by atoms with E-state index < -0.39 is 17.7 Å². The number of aliphatic hydroxyl groups is 1. The first-order valence-electron chi connectivity index (χ1n) is 11.4. The van der Waals surface area contributed by atoms with Gasteiger partial charge in [-0.2, -0.15) is 0 Å². The number of nitrogens with zero attached hydrogens (tertiary/aromatic N) is 1. The molecule has 1 amide bonds. The summed E-state index contributed by atoms with van der Waals surface area (Å²) in [6.07, 6.45) is 1.38. The molecular weight excluding hydrogens is 458 g/mol. The average Bonchev–Trinajstić information content (AvgIpc) is 3.09. The highest BCUT2D eigenvalue weighted by molar-refractivity contribution is 6.47. The molecule has 3 rings (SSSR count). The third-order valence-corrected chi connectivity index (χ3v) is 5.77. The van der Waals surface area contributed by atoms with Gasteiger partial charge in [0.05, 0.1) is 29.9 Å². The quantitative estimate of drug-likeness (QED) is 0.208. The first kappa shape index (κ1) is 25.6. The number of Topliss-reactive ketones (excluding diaryl/α,β-unsaturated/α-hetero) is 1. The molecule has 1 unspecified atom stereocenters. The van der Waals surface area contributed by atoms with Crippen LogP contribution in [0, 0.1) is 0 Å². The van der Waals surface area contributed by atoms with Crippen molar-refractivity contribution in [1.82, 2.24) is 4.90 Å². The topological polar surface area (TPSA) is 85.3 Å². The molecule has 0 spiro atoms. The first-order valence-corrected chi connectivity index (χ1v) is 11.7. The summed E-state index contributed by atoms with van der Waals surface area (Å²) in [4.78, 5) is 27.7. The van der Waals surface area contributed by atoms with Gasteiger partial charge in [0.15, 0.2) is 0 Å². The van der Waals surface area contributed by atoms with Gasteiger partial charge < -0.3 is 24.2 Å². The minimum absolute atomic E-state index is 0.0226. The Kier molecular flexibility index (Phi) is 8.96. The van der Waals surface area contributed by atoms with E-state index in [9.17, 15) is 14.7 Å². The number of likely N-dealkylation sites (tertiary alicyclic amines) is 1. The monoisotopic (exact) mass is 487 g/mol. The van der Waals surface area contributed by atoms with Crippen molar-refractivity contribution in [2.24, 2.45) is 0 Å². The van der Waals surface area contributed by atoms with E-state index in [4.69, 9.17) is 25.8 Å². The molecule has 7 nitrogen and oxygen atoms in total. The van der Waals surface area contributed by atoms with E-state index in [1.807, 2.05) is 26.0 Å². The number of ketones is 1. The van der Waals surface area contributed by atoms with Crippen molar-refractivity contribution in [2.45, 2.75) is 32.7 Å². The molecule has 1 fully saturated rings. The van der Waals surface area contributed by atoms with E-state index in [0.29, 0.717) is 43.3 Å². The van der Waals surface area contributed by atoms with Gasteiger partial charge in [-0.05, 0) is 55.7 Å². The molecule has 34 heavy (non-hydrogen) atoms. The summed E-state index contributed by atoms with van der Waals surface area (Å²) in [7, 11) is 1.58. The van der Waals surface area contributed by atoms with Gasteiger partial charge in [-0.15, -0.1) is 0 Å².